The molecule has 17 heteroatoms. The first-order valence-corrected chi connectivity index (χ1v) is 23.6. The summed E-state index contributed by atoms with van der Waals surface area (Å²) in [6.07, 6.45) is -0.242. The van der Waals surface area contributed by atoms with Crippen LogP contribution in [0.1, 0.15) is 124 Å². The molecule has 1 aromatic carbocycles. The van der Waals surface area contributed by atoms with E-state index in [1.54, 1.807) is 46.8 Å². The zero-order valence-electron chi connectivity index (χ0n) is 39.5. The van der Waals surface area contributed by atoms with Crippen LogP contribution in [0.15, 0.2) is 54.1 Å². The maximum absolute atomic E-state index is 13.7. The Morgan fingerprint density at radius 1 is 0.970 bits per heavy atom. The van der Waals surface area contributed by atoms with Crippen molar-refractivity contribution in [2.24, 2.45) is 10.8 Å². The van der Waals surface area contributed by atoms with Gasteiger partial charge in [0.25, 0.3) is 0 Å². The largest absolute Gasteiger partial charge is 0.466 e. The van der Waals surface area contributed by atoms with Gasteiger partial charge in [0.1, 0.15) is 18.1 Å². The number of aliphatic hydroxyl groups excluding tert-OH is 1. The molecule has 0 amide bonds. The molecule has 3 aliphatic rings. The molecule has 3 aliphatic heterocycles. The number of fused-ring (bicyclic) bond motifs is 4. The Bertz CT molecular complexity index is 1800. The van der Waals surface area contributed by atoms with Gasteiger partial charge in [0.05, 0.1) is 64.2 Å². The molecular formula is C49H71ClO16. The average molecular weight is 952 g/mol. The summed E-state index contributed by atoms with van der Waals surface area (Å²) < 4.78 is 53.7. The molecule has 2 N–H and O–H groups in total. The lowest BCUT2D eigenvalue weighted by Gasteiger charge is -2.51. The number of carbonyl (C=O) groups excluding carboxylic acids is 5. The summed E-state index contributed by atoms with van der Waals surface area (Å²) in [4.78, 5) is 65.8. The predicted molar refractivity (Wildman–Crippen MR) is 240 cm³/mol. The van der Waals surface area contributed by atoms with E-state index in [1.165, 1.54) is 13.2 Å². The number of alkyl halides is 1. The Morgan fingerprint density at radius 3 is 2.35 bits per heavy atom. The summed E-state index contributed by atoms with van der Waals surface area (Å²) in [6, 6.07) is 9.34. The molecule has 4 rings (SSSR count). The molecule has 9 atom stereocenters. The van der Waals surface area contributed by atoms with Gasteiger partial charge in [-0.25, -0.2) is 4.79 Å². The number of methoxy groups -OCH3 is 1. The van der Waals surface area contributed by atoms with Crippen molar-refractivity contribution in [1.29, 1.82) is 0 Å². The van der Waals surface area contributed by atoms with Gasteiger partial charge < -0.3 is 52.8 Å². The molecule has 3 heterocycles. The zero-order chi connectivity index (χ0) is 48.5. The molecule has 0 aromatic heterocycles. The van der Waals surface area contributed by atoms with Crippen LogP contribution in [0.4, 0.5) is 0 Å². The van der Waals surface area contributed by atoms with Crippen molar-refractivity contribution < 1.29 is 76.8 Å². The number of carbonyl (C=O) groups is 5. The van der Waals surface area contributed by atoms with Gasteiger partial charge in [0.2, 0.25) is 5.79 Å². The molecule has 2 saturated heterocycles. The van der Waals surface area contributed by atoms with Crippen LogP contribution in [-0.2, 0) is 73.2 Å². The summed E-state index contributed by atoms with van der Waals surface area (Å²) in [5.74, 6) is -6.41. The second kappa shape index (κ2) is 26.0. The lowest BCUT2D eigenvalue weighted by molar-refractivity contribution is -0.328. The predicted octanol–water partition coefficient (Wildman–Crippen LogP) is 6.72. The Kier molecular flexibility index (Phi) is 21.6. The van der Waals surface area contributed by atoms with Crippen molar-refractivity contribution in [3.8, 4) is 0 Å². The van der Waals surface area contributed by atoms with E-state index in [4.69, 9.17) is 54.2 Å². The maximum atomic E-state index is 13.7. The number of ether oxygens (including phenoxy) is 9. The molecular weight excluding hydrogens is 880 g/mol. The topological polar surface area (TPSA) is 209 Å². The minimum Gasteiger partial charge on any atom is -0.466 e. The first-order chi connectivity index (χ1) is 31.3. The van der Waals surface area contributed by atoms with E-state index < -0.39 is 108 Å². The van der Waals surface area contributed by atoms with Gasteiger partial charge in [-0.2, -0.15) is 0 Å². The van der Waals surface area contributed by atoms with Crippen LogP contribution in [0.2, 0.25) is 0 Å². The molecule has 0 saturated carbocycles. The second-order valence-electron chi connectivity index (χ2n) is 18.6. The molecule has 4 bridgehead atoms. The van der Waals surface area contributed by atoms with Crippen molar-refractivity contribution in [2.75, 3.05) is 26.2 Å². The standard InChI is InChI=1S/C49H71ClO16/c1-8-9-10-11-15-18-40(52)65-46-34(24-41(53)58-7)23-37-27-38(32(2)60-30-33-16-13-12-14-17-33)63-42(54)25-35(51)26-43(55)64-39(47(3,4)31-61-44(56)29-50)28-36-20-22-59-45(62-36)19-21-48(5,6)49(46,57)66-37/h12-14,16-17,19,21,24,32,35-39,45-46,51,57H,8-11,15,18,20,22-23,25-31H2,1-7H3/t32-,35+,36+,37+,38-,39+,45+,46+,49-/m1/s1. The lowest BCUT2D eigenvalue weighted by Crippen LogP contribution is -2.62. The van der Waals surface area contributed by atoms with E-state index in [9.17, 15) is 34.2 Å². The number of benzene rings is 1. The molecule has 0 radical (unpaired) electrons. The minimum atomic E-state index is -2.36. The smallest absolute Gasteiger partial charge is 0.330 e. The van der Waals surface area contributed by atoms with Crippen molar-refractivity contribution in [1.82, 2.24) is 0 Å². The van der Waals surface area contributed by atoms with Crippen LogP contribution in [-0.4, -0.2) is 121 Å². The van der Waals surface area contributed by atoms with Gasteiger partial charge in [0.15, 0.2) is 12.4 Å². The summed E-state index contributed by atoms with van der Waals surface area (Å²) in [7, 11) is 1.21. The summed E-state index contributed by atoms with van der Waals surface area (Å²) >= 11 is 5.68. The van der Waals surface area contributed by atoms with Crippen LogP contribution in [0, 0.1) is 10.8 Å². The monoisotopic (exact) mass is 950 g/mol. The van der Waals surface area contributed by atoms with E-state index in [0.717, 1.165) is 31.2 Å². The van der Waals surface area contributed by atoms with Crippen molar-refractivity contribution >= 4 is 41.4 Å². The fraction of sp³-hybridized carbons (Fsp3) is 0.694. The van der Waals surface area contributed by atoms with Crippen molar-refractivity contribution in [2.45, 2.75) is 180 Å². The third kappa shape index (κ3) is 16.7. The van der Waals surface area contributed by atoms with E-state index >= 15 is 0 Å². The number of aliphatic hydroxyl groups is 2. The van der Waals surface area contributed by atoms with Gasteiger partial charge in [-0.3, -0.25) is 19.2 Å². The molecule has 1 aromatic rings. The maximum Gasteiger partial charge on any atom is 0.330 e. The number of esters is 5. The Balaban J connectivity index is 1.79. The molecule has 16 nitrogen and oxygen atoms in total. The van der Waals surface area contributed by atoms with Crippen LogP contribution in [0.25, 0.3) is 0 Å². The van der Waals surface area contributed by atoms with Crippen LogP contribution >= 0.6 is 11.6 Å². The van der Waals surface area contributed by atoms with E-state index in [-0.39, 0.29) is 57.0 Å². The molecule has 0 aliphatic carbocycles. The van der Waals surface area contributed by atoms with Gasteiger partial charge in [-0.05, 0) is 43.4 Å². The first-order valence-electron chi connectivity index (χ1n) is 23.1. The third-order valence-corrected chi connectivity index (χ3v) is 12.4. The SMILES string of the molecule is CCCCCCCC(=O)O[C@H]1C(=CC(=O)OC)C[C@H]2C[C@H]([C@@H](C)OCc3ccccc3)OC(=O)C[C@H](O)CC(=O)O[C@H](C(C)(C)COC(=O)CCl)C[C@@H]3CCO[C@H](C=CC(C)(C)[C@]1(O)O2)O3. The third-order valence-electron chi connectivity index (χ3n) is 12.2. The normalized spacial score (nSPS) is 28.9. The number of unbranched alkanes of at least 4 members (excludes halogenated alkanes) is 4. The van der Waals surface area contributed by atoms with Crippen LogP contribution < -0.4 is 0 Å². The quantitative estimate of drug-likeness (QED) is 0.0440. The minimum absolute atomic E-state index is 0.0569. The van der Waals surface area contributed by atoms with Gasteiger partial charge in [-0.1, -0.05) is 96.7 Å². The second-order valence-corrected chi connectivity index (χ2v) is 18.9. The molecule has 2 fully saturated rings. The Hall–Kier alpha value is -3.90. The Labute approximate surface area is 393 Å². The number of rotatable bonds is 16. The summed E-state index contributed by atoms with van der Waals surface area (Å²) in [5.41, 5.74) is -1.34. The van der Waals surface area contributed by atoms with Gasteiger partial charge in [-0.15, -0.1) is 11.6 Å². The summed E-state index contributed by atoms with van der Waals surface area (Å²) in [5, 5.41) is 24.1. The fourth-order valence-corrected chi connectivity index (χ4v) is 8.11. The fourth-order valence-electron chi connectivity index (χ4n) is 8.04. The number of cyclic esters (lactones) is 2. The molecule has 370 valence electrons. The number of hydrogen-bond donors (Lipinski definition) is 2. The highest BCUT2D eigenvalue weighted by atomic mass is 35.5. The lowest BCUT2D eigenvalue weighted by atomic mass is 9.74. The van der Waals surface area contributed by atoms with Gasteiger partial charge >= 0.3 is 29.8 Å². The molecule has 0 unspecified atom stereocenters. The van der Waals surface area contributed by atoms with Crippen LogP contribution in [0.3, 0.4) is 0 Å². The van der Waals surface area contributed by atoms with E-state index in [1.807, 2.05) is 30.3 Å². The van der Waals surface area contributed by atoms with Crippen molar-refractivity contribution in [3.63, 3.8) is 0 Å². The highest BCUT2D eigenvalue weighted by Gasteiger charge is 2.58. The zero-order valence-corrected chi connectivity index (χ0v) is 40.3. The number of halogens is 1. The highest BCUT2D eigenvalue weighted by Crippen LogP contribution is 2.47. The van der Waals surface area contributed by atoms with Crippen LogP contribution in [0.5, 0.6) is 0 Å². The number of hydrogen-bond acceptors (Lipinski definition) is 16. The average Bonchev–Trinajstić information content (AvgIpc) is 3.27. The molecule has 66 heavy (non-hydrogen) atoms. The van der Waals surface area contributed by atoms with E-state index in [0.29, 0.717) is 12.8 Å². The first kappa shape index (κ1) is 54.7. The van der Waals surface area contributed by atoms with E-state index in [2.05, 4.69) is 6.92 Å². The highest BCUT2D eigenvalue weighted by molar-refractivity contribution is 6.26. The van der Waals surface area contributed by atoms with Gasteiger partial charge in [0, 0.05) is 36.2 Å². The Morgan fingerprint density at radius 2 is 1.67 bits per heavy atom. The molecule has 0 spiro atoms. The summed E-state index contributed by atoms with van der Waals surface area (Å²) in [6.45, 7) is 10.9. The van der Waals surface area contributed by atoms with Crippen molar-refractivity contribution in [3.05, 3.63) is 59.7 Å².